The molecule has 0 aromatic rings. The molecule has 0 saturated carbocycles. The van der Waals surface area contributed by atoms with Crippen LogP contribution in [-0.2, 0) is 4.74 Å². The molecule has 6 heteroatoms. The van der Waals surface area contributed by atoms with Crippen molar-refractivity contribution in [2.45, 2.75) is 11.6 Å². The molecule has 78 valence electrons. The van der Waals surface area contributed by atoms with Gasteiger partial charge in [0.2, 0.25) is 0 Å². The highest BCUT2D eigenvalue weighted by Crippen LogP contribution is 2.25. The van der Waals surface area contributed by atoms with Crippen molar-refractivity contribution in [3.63, 3.8) is 0 Å². The number of hydrogen-bond acceptors (Lipinski definition) is 4. The van der Waals surface area contributed by atoms with Gasteiger partial charge in [-0.3, -0.25) is 10.1 Å². The van der Waals surface area contributed by atoms with Crippen LogP contribution in [0.15, 0.2) is 24.0 Å². The Labute approximate surface area is 89.3 Å². The Morgan fingerprint density at radius 3 is 2.93 bits per heavy atom. The molecule has 14 heavy (non-hydrogen) atoms. The van der Waals surface area contributed by atoms with E-state index in [-0.39, 0.29) is 5.33 Å². The van der Waals surface area contributed by atoms with Gasteiger partial charge in [-0.2, -0.15) is 0 Å². The number of halogens is 1. The zero-order chi connectivity index (χ0) is 10.8. The number of nitro groups is 1. The van der Waals surface area contributed by atoms with Crippen molar-refractivity contribution in [3.05, 3.63) is 34.1 Å². The van der Waals surface area contributed by atoms with Gasteiger partial charge in [-0.15, -0.1) is 0 Å². The van der Waals surface area contributed by atoms with Crippen LogP contribution in [-0.4, -0.2) is 34.1 Å². The molecule has 0 spiro atoms. The molecule has 0 aromatic heterocycles. The summed E-state index contributed by atoms with van der Waals surface area (Å²) in [7, 11) is 1.42. The van der Waals surface area contributed by atoms with Gasteiger partial charge in [0.25, 0.3) is 6.04 Å². The highest BCUT2D eigenvalue weighted by atomic mass is 79.9. The maximum atomic E-state index is 10.7. The van der Waals surface area contributed by atoms with E-state index in [0.29, 0.717) is 5.76 Å². The van der Waals surface area contributed by atoms with E-state index in [2.05, 4.69) is 15.9 Å². The molecular weight excluding hydrogens is 254 g/mol. The van der Waals surface area contributed by atoms with Crippen LogP contribution in [0.4, 0.5) is 0 Å². The predicted octanol–water partition coefficient (Wildman–Crippen LogP) is 0.858. The standard InChI is InChI=1S/C8H10BrNO4/c1-14-6-2-3-8(11,5-9)7(4-6)10(12)13/h2-4,7,11H,5H2,1H3. The summed E-state index contributed by atoms with van der Waals surface area (Å²) in [5.41, 5.74) is -1.48. The van der Waals surface area contributed by atoms with E-state index in [1.54, 1.807) is 0 Å². The molecule has 1 aliphatic rings. The first kappa shape index (κ1) is 11.2. The van der Waals surface area contributed by atoms with E-state index in [0.717, 1.165) is 0 Å². The van der Waals surface area contributed by atoms with Crippen LogP contribution < -0.4 is 0 Å². The number of alkyl halides is 1. The third-order valence-corrected chi connectivity index (χ3v) is 2.95. The zero-order valence-electron chi connectivity index (χ0n) is 7.51. The largest absolute Gasteiger partial charge is 0.497 e. The molecule has 0 heterocycles. The van der Waals surface area contributed by atoms with Crippen molar-refractivity contribution in [1.29, 1.82) is 0 Å². The van der Waals surface area contributed by atoms with E-state index in [1.165, 1.54) is 25.3 Å². The molecule has 1 aliphatic carbocycles. The molecule has 0 fully saturated rings. The zero-order valence-corrected chi connectivity index (χ0v) is 9.10. The van der Waals surface area contributed by atoms with Gasteiger partial charge < -0.3 is 9.84 Å². The van der Waals surface area contributed by atoms with Crippen molar-refractivity contribution in [2.24, 2.45) is 0 Å². The van der Waals surface area contributed by atoms with Gasteiger partial charge in [-0.25, -0.2) is 0 Å². The maximum absolute atomic E-state index is 10.7. The first-order valence-electron chi connectivity index (χ1n) is 3.90. The Kier molecular flexibility index (Phi) is 3.28. The lowest BCUT2D eigenvalue weighted by molar-refractivity contribution is -0.527. The lowest BCUT2D eigenvalue weighted by atomic mass is 9.92. The fraction of sp³-hybridized carbons (Fsp3) is 0.500. The number of nitrogens with zero attached hydrogens (tertiary/aromatic N) is 1. The van der Waals surface area contributed by atoms with Crippen molar-refractivity contribution < 1.29 is 14.8 Å². The lowest BCUT2D eigenvalue weighted by Gasteiger charge is -2.26. The van der Waals surface area contributed by atoms with Crippen LogP contribution in [0.5, 0.6) is 0 Å². The monoisotopic (exact) mass is 263 g/mol. The smallest absolute Gasteiger partial charge is 0.267 e. The second-order valence-corrected chi connectivity index (χ2v) is 3.52. The summed E-state index contributed by atoms with van der Waals surface area (Å²) in [4.78, 5) is 10.1. The van der Waals surface area contributed by atoms with Crippen molar-refractivity contribution in [1.82, 2.24) is 0 Å². The molecule has 2 unspecified atom stereocenters. The van der Waals surface area contributed by atoms with Crippen molar-refractivity contribution in [2.75, 3.05) is 12.4 Å². The van der Waals surface area contributed by atoms with Gasteiger partial charge in [0.1, 0.15) is 5.76 Å². The molecule has 5 nitrogen and oxygen atoms in total. The fourth-order valence-corrected chi connectivity index (χ4v) is 1.70. The molecule has 0 bridgehead atoms. The summed E-state index contributed by atoms with van der Waals surface area (Å²) in [6.07, 6.45) is 4.18. The molecule has 0 radical (unpaired) electrons. The van der Waals surface area contributed by atoms with E-state index in [9.17, 15) is 15.2 Å². The van der Waals surface area contributed by atoms with Gasteiger partial charge in [-0.05, 0) is 12.2 Å². The molecule has 0 amide bonds. The quantitative estimate of drug-likeness (QED) is 0.466. The number of rotatable bonds is 3. The molecule has 0 aliphatic heterocycles. The van der Waals surface area contributed by atoms with Gasteiger partial charge in [0, 0.05) is 16.3 Å². The van der Waals surface area contributed by atoms with Gasteiger partial charge >= 0.3 is 0 Å². The van der Waals surface area contributed by atoms with Crippen LogP contribution in [0.25, 0.3) is 0 Å². The van der Waals surface area contributed by atoms with E-state index in [4.69, 9.17) is 4.74 Å². The highest BCUT2D eigenvalue weighted by molar-refractivity contribution is 9.09. The lowest BCUT2D eigenvalue weighted by Crippen LogP contribution is -2.47. The summed E-state index contributed by atoms with van der Waals surface area (Å²) in [6.45, 7) is 0. The molecule has 1 rings (SSSR count). The third kappa shape index (κ3) is 1.96. The number of aliphatic hydroxyl groups is 1. The number of hydrogen-bond donors (Lipinski definition) is 1. The summed E-state index contributed by atoms with van der Waals surface area (Å²) in [5.74, 6) is 0.386. The first-order chi connectivity index (χ1) is 6.53. The average molecular weight is 264 g/mol. The normalized spacial score (nSPS) is 31.1. The summed E-state index contributed by atoms with van der Waals surface area (Å²) >= 11 is 3.04. The van der Waals surface area contributed by atoms with Gasteiger partial charge in [0.15, 0.2) is 5.60 Å². The third-order valence-electron chi connectivity index (χ3n) is 2.05. The fourth-order valence-electron chi connectivity index (χ4n) is 1.18. The van der Waals surface area contributed by atoms with E-state index < -0.39 is 16.6 Å². The van der Waals surface area contributed by atoms with Gasteiger partial charge in [-0.1, -0.05) is 15.9 Å². The van der Waals surface area contributed by atoms with E-state index >= 15 is 0 Å². The Hall–Kier alpha value is -0.880. The number of methoxy groups -OCH3 is 1. The molecule has 2 atom stereocenters. The summed E-state index contributed by atoms with van der Waals surface area (Å²) in [6, 6.07) is -1.18. The van der Waals surface area contributed by atoms with Crippen molar-refractivity contribution >= 4 is 15.9 Å². The van der Waals surface area contributed by atoms with Gasteiger partial charge in [0.05, 0.1) is 7.11 Å². The van der Waals surface area contributed by atoms with Crippen LogP contribution >= 0.6 is 15.9 Å². The number of allylic oxidation sites excluding steroid dienone is 1. The Morgan fingerprint density at radius 2 is 2.50 bits per heavy atom. The maximum Gasteiger partial charge on any atom is 0.267 e. The SMILES string of the molecule is COC1=CC([N+](=O)[O-])C(O)(CBr)C=C1. The second-order valence-electron chi connectivity index (χ2n) is 2.96. The average Bonchev–Trinajstić information content (AvgIpc) is 2.18. The molecule has 0 aromatic carbocycles. The Bertz CT molecular complexity index is 302. The van der Waals surface area contributed by atoms with Crippen LogP contribution in [0, 0.1) is 10.1 Å². The minimum absolute atomic E-state index is 0.107. The molecular formula is C8H10BrNO4. The Balaban J connectivity index is 3.00. The minimum atomic E-state index is -1.48. The first-order valence-corrected chi connectivity index (χ1v) is 5.02. The molecule has 1 N–H and O–H groups in total. The highest BCUT2D eigenvalue weighted by Gasteiger charge is 2.43. The topological polar surface area (TPSA) is 72.6 Å². The van der Waals surface area contributed by atoms with Crippen LogP contribution in [0.3, 0.4) is 0 Å². The second kappa shape index (κ2) is 4.10. The minimum Gasteiger partial charge on any atom is -0.497 e. The summed E-state index contributed by atoms with van der Waals surface area (Å²) < 4.78 is 4.85. The Morgan fingerprint density at radius 1 is 1.86 bits per heavy atom. The summed E-state index contributed by atoms with van der Waals surface area (Å²) in [5, 5.41) is 20.6. The molecule has 0 saturated heterocycles. The predicted molar refractivity (Wildman–Crippen MR) is 53.8 cm³/mol. The number of ether oxygens (including phenoxy) is 1. The van der Waals surface area contributed by atoms with Crippen LogP contribution in [0.1, 0.15) is 0 Å². The van der Waals surface area contributed by atoms with E-state index in [1.807, 2.05) is 0 Å². The van der Waals surface area contributed by atoms with Crippen LogP contribution in [0.2, 0.25) is 0 Å². The van der Waals surface area contributed by atoms with Crippen molar-refractivity contribution in [3.8, 4) is 0 Å².